The second-order valence-electron chi connectivity index (χ2n) is 7.32. The van der Waals surface area contributed by atoms with Gasteiger partial charge < -0.3 is 15.3 Å². The monoisotopic (exact) mass is 403 g/mol. The molecule has 0 heterocycles. The lowest BCUT2D eigenvalue weighted by molar-refractivity contribution is -0.139. The summed E-state index contributed by atoms with van der Waals surface area (Å²) in [6.45, 7) is 1.45. The van der Waals surface area contributed by atoms with Crippen molar-refractivity contribution in [3.63, 3.8) is 0 Å². The minimum Gasteiger partial charge on any atom is -0.393 e. The van der Waals surface area contributed by atoms with E-state index >= 15 is 0 Å². The Kier molecular flexibility index (Phi) is 17.1. The third kappa shape index (κ3) is 12.5. The highest BCUT2D eigenvalue weighted by Crippen LogP contribution is 2.27. The summed E-state index contributed by atoms with van der Waals surface area (Å²) in [5.74, 6) is -0.657. The standard InChI is InChI=1S/C21H39O5P/c1-2-3-4-5-6-7-8-9-10-11-12-13-14-15-16-17-19(23)21(25,27-26)20(24)18-22/h9-10,20,22,24-25H,2-8,11-18H2,1H3/p+1. The third-order valence-electron chi connectivity index (χ3n) is 4.90. The first-order valence-electron chi connectivity index (χ1n) is 10.6. The highest BCUT2D eigenvalue weighted by Gasteiger charge is 2.51. The lowest BCUT2D eigenvalue weighted by Crippen LogP contribution is -2.46. The predicted octanol–water partition coefficient (Wildman–Crippen LogP) is 4.66. The number of rotatable bonds is 19. The maximum absolute atomic E-state index is 11.9. The maximum Gasteiger partial charge on any atom is 0.370 e. The summed E-state index contributed by atoms with van der Waals surface area (Å²) in [7, 11) is -1.38. The van der Waals surface area contributed by atoms with Crippen LogP contribution in [0.5, 0.6) is 0 Å². The van der Waals surface area contributed by atoms with Gasteiger partial charge in [0.05, 0.1) is 6.61 Å². The van der Waals surface area contributed by atoms with Crippen molar-refractivity contribution in [3.8, 4) is 0 Å². The van der Waals surface area contributed by atoms with Crippen LogP contribution in [-0.4, -0.2) is 39.2 Å². The summed E-state index contributed by atoms with van der Waals surface area (Å²) in [5.41, 5.74) is 0. The van der Waals surface area contributed by atoms with E-state index in [1.165, 1.54) is 44.9 Å². The van der Waals surface area contributed by atoms with Crippen molar-refractivity contribution in [2.75, 3.05) is 6.61 Å². The Bertz CT molecular complexity index is 413. The van der Waals surface area contributed by atoms with Gasteiger partial charge in [-0.2, -0.15) is 0 Å². The Morgan fingerprint density at radius 2 is 1.41 bits per heavy atom. The number of aliphatic hydroxyl groups excluding tert-OH is 2. The number of unbranched alkanes of at least 4 members (excludes halogenated alkanes) is 11. The van der Waals surface area contributed by atoms with Crippen molar-refractivity contribution in [3.05, 3.63) is 12.2 Å². The molecule has 0 aromatic rings. The molecule has 3 unspecified atom stereocenters. The summed E-state index contributed by atoms with van der Waals surface area (Å²) in [6.07, 6.45) is 17.9. The number of allylic oxidation sites excluding steroid dienone is 2. The fourth-order valence-corrected chi connectivity index (χ4v) is 3.46. The van der Waals surface area contributed by atoms with E-state index in [0.717, 1.165) is 32.1 Å². The van der Waals surface area contributed by atoms with Gasteiger partial charge in [-0.1, -0.05) is 75.0 Å². The quantitative estimate of drug-likeness (QED) is 0.166. The second-order valence-corrected chi connectivity index (χ2v) is 8.29. The number of carbonyl (C=O) groups excluding carboxylic acids is 1. The van der Waals surface area contributed by atoms with E-state index in [0.29, 0.717) is 6.42 Å². The topological polar surface area (TPSA) is 94.8 Å². The van der Waals surface area contributed by atoms with Crippen molar-refractivity contribution in [1.82, 2.24) is 0 Å². The molecule has 27 heavy (non-hydrogen) atoms. The summed E-state index contributed by atoms with van der Waals surface area (Å²) < 4.78 is 11.0. The molecule has 0 fully saturated rings. The van der Waals surface area contributed by atoms with Crippen LogP contribution >= 0.6 is 8.46 Å². The molecule has 0 radical (unpaired) electrons. The number of hydrogen-bond donors (Lipinski definition) is 3. The highest BCUT2D eigenvalue weighted by atomic mass is 31.1. The van der Waals surface area contributed by atoms with Gasteiger partial charge in [0.15, 0.2) is 6.10 Å². The van der Waals surface area contributed by atoms with Crippen LogP contribution in [0.3, 0.4) is 0 Å². The number of Topliss-reactive ketones (excluding diaryl/α,β-unsaturated/α-hetero) is 1. The van der Waals surface area contributed by atoms with Gasteiger partial charge >= 0.3 is 13.8 Å². The van der Waals surface area contributed by atoms with Crippen molar-refractivity contribution < 1.29 is 24.7 Å². The Morgan fingerprint density at radius 1 is 0.926 bits per heavy atom. The molecule has 0 aromatic carbocycles. The fraction of sp³-hybridized carbons (Fsp3) is 0.857. The average Bonchev–Trinajstić information content (AvgIpc) is 2.69. The fourth-order valence-electron chi connectivity index (χ4n) is 2.99. The van der Waals surface area contributed by atoms with E-state index < -0.39 is 32.3 Å². The van der Waals surface area contributed by atoms with Gasteiger partial charge in [-0.25, -0.2) is 0 Å². The zero-order valence-electron chi connectivity index (χ0n) is 17.0. The molecule has 158 valence electrons. The molecule has 0 rings (SSSR count). The number of carbonyl (C=O) groups is 1. The average molecular weight is 404 g/mol. The minimum atomic E-state index is -2.32. The summed E-state index contributed by atoms with van der Waals surface area (Å²) in [6, 6.07) is 0. The van der Waals surface area contributed by atoms with Gasteiger partial charge in [0.2, 0.25) is 5.78 Å². The number of ketones is 1. The molecule has 0 spiro atoms. The Labute approximate surface area is 166 Å². The molecule has 0 aromatic heterocycles. The highest BCUT2D eigenvalue weighted by molar-refractivity contribution is 7.27. The molecule has 0 aliphatic heterocycles. The first-order chi connectivity index (χ1) is 13.0. The van der Waals surface area contributed by atoms with Crippen LogP contribution in [0.1, 0.15) is 96.8 Å². The van der Waals surface area contributed by atoms with Crippen LogP contribution in [-0.2, 0) is 9.36 Å². The molecule has 3 atom stereocenters. The molecule has 0 aliphatic carbocycles. The van der Waals surface area contributed by atoms with Crippen molar-refractivity contribution in [1.29, 1.82) is 0 Å². The normalized spacial score (nSPS) is 15.3. The van der Waals surface area contributed by atoms with Gasteiger partial charge in [0.1, 0.15) is 0 Å². The molecular formula is C21H40O5P+. The first kappa shape index (κ1) is 26.4. The SMILES string of the molecule is CCCCCCCCC=CCCCCCCCC(=O)C(O)([PH+]=O)C(O)CO. The van der Waals surface area contributed by atoms with E-state index in [2.05, 4.69) is 19.1 Å². The maximum atomic E-state index is 11.9. The molecule has 0 saturated heterocycles. The molecule has 0 amide bonds. The predicted molar refractivity (Wildman–Crippen MR) is 112 cm³/mol. The zero-order valence-corrected chi connectivity index (χ0v) is 18.0. The number of aliphatic hydroxyl groups is 3. The number of hydrogen-bond acceptors (Lipinski definition) is 5. The first-order valence-corrected chi connectivity index (χ1v) is 11.5. The smallest absolute Gasteiger partial charge is 0.370 e. The van der Waals surface area contributed by atoms with Gasteiger partial charge in [-0.15, -0.1) is 0 Å². The lowest BCUT2D eigenvalue weighted by atomic mass is 10.0. The van der Waals surface area contributed by atoms with Crippen molar-refractivity contribution in [2.45, 2.75) is 108 Å². The molecule has 0 saturated carbocycles. The largest absolute Gasteiger partial charge is 0.393 e. The lowest BCUT2D eigenvalue weighted by Gasteiger charge is -2.17. The van der Waals surface area contributed by atoms with Gasteiger partial charge in [0, 0.05) is 6.42 Å². The molecule has 5 nitrogen and oxygen atoms in total. The Morgan fingerprint density at radius 3 is 1.89 bits per heavy atom. The van der Waals surface area contributed by atoms with E-state index in [1.807, 2.05) is 0 Å². The molecule has 0 aliphatic rings. The van der Waals surface area contributed by atoms with Crippen LogP contribution in [0.4, 0.5) is 0 Å². The van der Waals surface area contributed by atoms with E-state index in [9.17, 15) is 19.6 Å². The van der Waals surface area contributed by atoms with Crippen LogP contribution in [0.25, 0.3) is 0 Å². The minimum absolute atomic E-state index is 0.0704. The van der Waals surface area contributed by atoms with E-state index in [4.69, 9.17) is 5.11 Å². The molecule has 0 bridgehead atoms. The van der Waals surface area contributed by atoms with Crippen LogP contribution in [0.2, 0.25) is 0 Å². The summed E-state index contributed by atoms with van der Waals surface area (Å²) in [4.78, 5) is 11.9. The molecule has 6 heteroatoms. The second kappa shape index (κ2) is 17.5. The van der Waals surface area contributed by atoms with E-state index in [1.54, 1.807) is 0 Å². The van der Waals surface area contributed by atoms with Gasteiger partial charge in [0.25, 0.3) is 0 Å². The van der Waals surface area contributed by atoms with Crippen LogP contribution in [0, 0.1) is 0 Å². The Hall–Kier alpha value is -0.610. The summed E-state index contributed by atoms with van der Waals surface area (Å²) >= 11 is 0. The van der Waals surface area contributed by atoms with Crippen LogP contribution in [0.15, 0.2) is 12.2 Å². The van der Waals surface area contributed by atoms with Crippen LogP contribution < -0.4 is 0 Å². The third-order valence-corrected chi connectivity index (χ3v) is 5.82. The van der Waals surface area contributed by atoms with Crippen molar-refractivity contribution in [2.24, 2.45) is 0 Å². The summed E-state index contributed by atoms with van der Waals surface area (Å²) in [5, 5.41) is 25.9. The zero-order chi connectivity index (χ0) is 20.4. The van der Waals surface area contributed by atoms with E-state index in [-0.39, 0.29) is 6.42 Å². The van der Waals surface area contributed by atoms with Crippen molar-refractivity contribution >= 4 is 14.2 Å². The molecule has 3 N–H and O–H groups in total. The van der Waals surface area contributed by atoms with Gasteiger partial charge in [-0.05, 0) is 32.1 Å². The Balaban J connectivity index is 3.58. The van der Waals surface area contributed by atoms with Gasteiger partial charge in [-0.3, -0.25) is 4.79 Å². The molecular weight excluding hydrogens is 363 g/mol.